The first-order valence-electron chi connectivity index (χ1n) is 8.40. The van der Waals surface area contributed by atoms with Crippen LogP contribution < -0.4 is 5.32 Å². The Morgan fingerprint density at radius 1 is 1.41 bits per heavy atom. The highest BCUT2D eigenvalue weighted by Crippen LogP contribution is 2.35. The molecule has 1 saturated carbocycles. The number of hydrogen-bond acceptors (Lipinski definition) is 3. The Morgan fingerprint density at radius 2 is 2.23 bits per heavy atom. The lowest BCUT2D eigenvalue weighted by Crippen LogP contribution is -2.39. The standard InChI is InChI=1S/C18H28N2O2/c1-13(2)16-8-7-14(3)12-17(16)22-18(21)20-11-9-15-6-4-5-10-19-15/h4-6,10,13-14,16-17H,7-9,11-12H2,1-3H3,(H,20,21)/t14-,16+,17-/m0/s1. The van der Waals surface area contributed by atoms with Gasteiger partial charge in [0.2, 0.25) is 0 Å². The molecular weight excluding hydrogens is 276 g/mol. The maximum atomic E-state index is 12.0. The molecule has 3 atom stereocenters. The third-order valence-electron chi connectivity index (χ3n) is 4.60. The average Bonchev–Trinajstić information content (AvgIpc) is 2.48. The Labute approximate surface area is 133 Å². The van der Waals surface area contributed by atoms with Crippen LogP contribution in [0.1, 0.15) is 45.7 Å². The van der Waals surface area contributed by atoms with E-state index in [2.05, 4.69) is 31.1 Å². The van der Waals surface area contributed by atoms with Crippen LogP contribution in [0.5, 0.6) is 0 Å². The van der Waals surface area contributed by atoms with E-state index in [0.29, 0.717) is 24.3 Å². The van der Waals surface area contributed by atoms with Gasteiger partial charge >= 0.3 is 6.09 Å². The molecule has 1 N–H and O–H groups in total. The summed E-state index contributed by atoms with van der Waals surface area (Å²) in [6, 6.07) is 5.81. The van der Waals surface area contributed by atoms with Crippen molar-refractivity contribution in [3.05, 3.63) is 30.1 Å². The van der Waals surface area contributed by atoms with E-state index in [4.69, 9.17) is 4.74 Å². The van der Waals surface area contributed by atoms with Crippen LogP contribution in [0.4, 0.5) is 4.79 Å². The fourth-order valence-corrected chi connectivity index (χ4v) is 3.27. The molecule has 22 heavy (non-hydrogen) atoms. The maximum absolute atomic E-state index is 12.0. The van der Waals surface area contributed by atoms with Gasteiger partial charge in [-0.05, 0) is 42.7 Å². The van der Waals surface area contributed by atoms with Gasteiger partial charge in [-0.1, -0.05) is 33.3 Å². The Hall–Kier alpha value is -1.58. The van der Waals surface area contributed by atoms with Gasteiger partial charge in [0.05, 0.1) is 0 Å². The van der Waals surface area contributed by atoms with E-state index in [1.807, 2.05) is 18.2 Å². The van der Waals surface area contributed by atoms with E-state index in [-0.39, 0.29) is 12.2 Å². The number of carbonyl (C=O) groups excluding carboxylic acids is 1. The number of aromatic nitrogens is 1. The molecule has 1 aromatic rings. The van der Waals surface area contributed by atoms with Crippen molar-refractivity contribution in [1.29, 1.82) is 0 Å². The molecule has 1 aliphatic carbocycles. The molecule has 0 aliphatic heterocycles. The molecule has 1 aromatic heterocycles. The number of ether oxygens (including phenoxy) is 1. The Bertz CT molecular complexity index is 461. The monoisotopic (exact) mass is 304 g/mol. The van der Waals surface area contributed by atoms with E-state index >= 15 is 0 Å². The second-order valence-corrected chi connectivity index (χ2v) is 6.77. The van der Waals surface area contributed by atoms with Crippen molar-refractivity contribution in [2.24, 2.45) is 17.8 Å². The predicted molar refractivity (Wildman–Crippen MR) is 87.6 cm³/mol. The minimum absolute atomic E-state index is 0.0543. The SMILES string of the molecule is CC(C)[C@H]1CC[C@H](C)C[C@@H]1OC(=O)NCCc1ccccn1. The van der Waals surface area contributed by atoms with Gasteiger partial charge in [0, 0.05) is 24.9 Å². The average molecular weight is 304 g/mol. The Balaban J connectivity index is 1.77. The highest BCUT2D eigenvalue weighted by Gasteiger charge is 2.33. The Morgan fingerprint density at radius 3 is 2.91 bits per heavy atom. The van der Waals surface area contributed by atoms with Crippen molar-refractivity contribution in [3.8, 4) is 0 Å². The van der Waals surface area contributed by atoms with Gasteiger partial charge in [0.25, 0.3) is 0 Å². The van der Waals surface area contributed by atoms with Crippen LogP contribution in [0.3, 0.4) is 0 Å². The second kappa shape index (κ2) is 8.16. The number of alkyl carbamates (subject to hydrolysis) is 1. The summed E-state index contributed by atoms with van der Waals surface area (Å²) in [5, 5.41) is 2.85. The fraction of sp³-hybridized carbons (Fsp3) is 0.667. The molecule has 122 valence electrons. The van der Waals surface area contributed by atoms with Gasteiger partial charge in [-0.25, -0.2) is 4.79 Å². The predicted octanol–water partition coefficient (Wildman–Crippen LogP) is 3.81. The lowest BCUT2D eigenvalue weighted by atomic mass is 9.75. The van der Waals surface area contributed by atoms with Crippen molar-refractivity contribution in [2.75, 3.05) is 6.54 Å². The zero-order valence-corrected chi connectivity index (χ0v) is 13.9. The lowest BCUT2D eigenvalue weighted by molar-refractivity contribution is 0.00630. The van der Waals surface area contributed by atoms with Gasteiger partial charge in [-0.3, -0.25) is 4.98 Å². The molecule has 0 bridgehead atoms. The maximum Gasteiger partial charge on any atom is 0.407 e. The smallest absolute Gasteiger partial charge is 0.407 e. The molecule has 2 rings (SSSR count). The number of amides is 1. The number of rotatable bonds is 5. The largest absolute Gasteiger partial charge is 0.446 e. The highest BCUT2D eigenvalue weighted by atomic mass is 16.6. The van der Waals surface area contributed by atoms with E-state index in [1.54, 1.807) is 6.20 Å². The molecular formula is C18H28N2O2. The number of carbonyl (C=O) groups is 1. The van der Waals surface area contributed by atoms with Crippen molar-refractivity contribution in [3.63, 3.8) is 0 Å². The molecule has 0 radical (unpaired) electrons. The molecule has 1 fully saturated rings. The molecule has 1 heterocycles. The van der Waals surface area contributed by atoms with Crippen LogP contribution in [0, 0.1) is 17.8 Å². The van der Waals surface area contributed by atoms with Gasteiger partial charge in [0.1, 0.15) is 6.10 Å². The normalized spacial score (nSPS) is 25.0. The third-order valence-corrected chi connectivity index (χ3v) is 4.60. The van der Waals surface area contributed by atoms with Crippen LogP contribution in [-0.4, -0.2) is 23.7 Å². The number of nitrogens with one attached hydrogen (secondary N) is 1. The van der Waals surface area contributed by atoms with E-state index < -0.39 is 0 Å². The van der Waals surface area contributed by atoms with E-state index in [9.17, 15) is 4.79 Å². The van der Waals surface area contributed by atoms with Crippen molar-refractivity contribution >= 4 is 6.09 Å². The third kappa shape index (κ3) is 5.00. The minimum Gasteiger partial charge on any atom is -0.446 e. The van der Waals surface area contributed by atoms with Gasteiger partial charge in [0.15, 0.2) is 0 Å². The van der Waals surface area contributed by atoms with Crippen LogP contribution in [-0.2, 0) is 11.2 Å². The first kappa shape index (κ1) is 16.8. The van der Waals surface area contributed by atoms with Gasteiger partial charge in [-0.2, -0.15) is 0 Å². The number of pyridine rings is 1. The van der Waals surface area contributed by atoms with Gasteiger partial charge < -0.3 is 10.1 Å². The summed E-state index contributed by atoms with van der Waals surface area (Å²) < 4.78 is 5.70. The van der Waals surface area contributed by atoms with Crippen molar-refractivity contribution in [1.82, 2.24) is 10.3 Å². The molecule has 4 heteroatoms. The topological polar surface area (TPSA) is 51.2 Å². The summed E-state index contributed by atoms with van der Waals surface area (Å²) in [6.07, 6.45) is 5.64. The number of nitrogens with zero attached hydrogens (tertiary/aromatic N) is 1. The first-order chi connectivity index (χ1) is 10.6. The molecule has 4 nitrogen and oxygen atoms in total. The highest BCUT2D eigenvalue weighted by molar-refractivity contribution is 5.67. The second-order valence-electron chi connectivity index (χ2n) is 6.77. The summed E-state index contributed by atoms with van der Waals surface area (Å²) in [5.74, 6) is 1.68. The summed E-state index contributed by atoms with van der Waals surface area (Å²) in [6.45, 7) is 7.24. The quantitative estimate of drug-likeness (QED) is 0.900. The molecule has 1 aliphatic rings. The van der Waals surface area contributed by atoms with Crippen LogP contribution in [0.25, 0.3) is 0 Å². The lowest BCUT2D eigenvalue weighted by Gasteiger charge is -2.36. The van der Waals surface area contributed by atoms with Crippen molar-refractivity contribution < 1.29 is 9.53 Å². The van der Waals surface area contributed by atoms with Crippen LogP contribution in [0.15, 0.2) is 24.4 Å². The Kier molecular flexibility index (Phi) is 6.22. The summed E-state index contributed by atoms with van der Waals surface area (Å²) >= 11 is 0. The first-order valence-corrected chi connectivity index (χ1v) is 8.40. The minimum atomic E-state index is -0.291. The number of hydrogen-bond donors (Lipinski definition) is 1. The van der Waals surface area contributed by atoms with E-state index in [0.717, 1.165) is 25.0 Å². The zero-order valence-electron chi connectivity index (χ0n) is 13.9. The fourth-order valence-electron chi connectivity index (χ4n) is 3.27. The molecule has 0 unspecified atom stereocenters. The van der Waals surface area contributed by atoms with Crippen molar-refractivity contribution in [2.45, 2.75) is 52.6 Å². The summed E-state index contributed by atoms with van der Waals surface area (Å²) in [5.41, 5.74) is 0.981. The van der Waals surface area contributed by atoms with Crippen LogP contribution in [0.2, 0.25) is 0 Å². The summed E-state index contributed by atoms with van der Waals surface area (Å²) in [4.78, 5) is 16.3. The molecule has 0 spiro atoms. The zero-order chi connectivity index (χ0) is 15.9. The molecule has 0 aromatic carbocycles. The molecule has 1 amide bonds. The molecule has 0 saturated heterocycles. The summed E-state index contributed by atoms with van der Waals surface area (Å²) in [7, 11) is 0. The van der Waals surface area contributed by atoms with E-state index in [1.165, 1.54) is 6.42 Å². The van der Waals surface area contributed by atoms with Gasteiger partial charge in [-0.15, -0.1) is 0 Å². The van der Waals surface area contributed by atoms with Crippen LogP contribution >= 0.6 is 0 Å².